The number of hydrogen-bond acceptors (Lipinski definition) is 5. The predicted molar refractivity (Wildman–Crippen MR) is 75.9 cm³/mol. The highest BCUT2D eigenvalue weighted by molar-refractivity contribution is 7.99. The van der Waals surface area contributed by atoms with Crippen molar-refractivity contribution in [3.63, 3.8) is 0 Å². The number of carbonyl (C=O) groups excluding carboxylic acids is 1. The van der Waals surface area contributed by atoms with Gasteiger partial charge in [-0.25, -0.2) is 0 Å². The van der Waals surface area contributed by atoms with Crippen molar-refractivity contribution >= 4 is 17.7 Å². The summed E-state index contributed by atoms with van der Waals surface area (Å²) in [6, 6.07) is 3.99. The van der Waals surface area contributed by atoms with Gasteiger partial charge in [-0.15, -0.1) is 11.8 Å². The van der Waals surface area contributed by atoms with E-state index in [-0.39, 0.29) is 11.9 Å². The van der Waals surface area contributed by atoms with E-state index in [1.54, 1.807) is 24.2 Å². The van der Waals surface area contributed by atoms with Gasteiger partial charge in [0.2, 0.25) is 0 Å². The summed E-state index contributed by atoms with van der Waals surface area (Å²) in [4.78, 5) is 17.0. The molecule has 2 rings (SSSR count). The molecule has 1 aromatic heterocycles. The van der Waals surface area contributed by atoms with E-state index in [1.807, 2.05) is 12.1 Å². The van der Waals surface area contributed by atoms with E-state index in [0.29, 0.717) is 0 Å². The minimum absolute atomic E-state index is 0.231. The molecule has 0 spiro atoms. The van der Waals surface area contributed by atoms with E-state index in [9.17, 15) is 4.79 Å². The first-order valence-electron chi connectivity index (χ1n) is 6.57. The average molecular weight is 280 g/mol. The van der Waals surface area contributed by atoms with Crippen LogP contribution < -0.4 is 5.73 Å². The van der Waals surface area contributed by atoms with Crippen LogP contribution in [0.3, 0.4) is 0 Å². The second-order valence-electron chi connectivity index (χ2n) is 4.94. The molecule has 1 heterocycles. The lowest BCUT2D eigenvalue weighted by atomic mass is 9.86. The fourth-order valence-electron chi connectivity index (χ4n) is 2.72. The number of aromatic nitrogens is 1. The van der Waals surface area contributed by atoms with Crippen LogP contribution in [0.5, 0.6) is 0 Å². The first kappa shape index (κ1) is 14.3. The minimum atomic E-state index is -0.770. The molecule has 0 amide bonds. The van der Waals surface area contributed by atoms with Gasteiger partial charge in [0.15, 0.2) is 0 Å². The first-order chi connectivity index (χ1) is 9.16. The minimum Gasteiger partial charge on any atom is -0.468 e. The van der Waals surface area contributed by atoms with Crippen molar-refractivity contribution in [3.05, 3.63) is 24.5 Å². The zero-order valence-electron chi connectivity index (χ0n) is 11.2. The second kappa shape index (κ2) is 6.39. The van der Waals surface area contributed by atoms with Crippen LogP contribution >= 0.6 is 11.8 Å². The molecule has 4 nitrogen and oxygen atoms in total. The molecule has 2 atom stereocenters. The average Bonchev–Trinajstić information content (AvgIpc) is 2.82. The zero-order valence-corrected chi connectivity index (χ0v) is 12.0. The lowest BCUT2D eigenvalue weighted by Crippen LogP contribution is -2.51. The fraction of sp³-hybridized carbons (Fsp3) is 0.571. The number of esters is 1. The van der Waals surface area contributed by atoms with Gasteiger partial charge in [0.25, 0.3) is 0 Å². The van der Waals surface area contributed by atoms with Crippen LogP contribution in [-0.2, 0) is 9.53 Å². The number of thioether (sulfide) groups is 1. The standard InChI is InChI=1S/C14H20N2O2S/c1-18-13(17)14(15)7-2-3-11(14)6-10-19-12-4-8-16-9-5-12/h4-5,8-9,11H,2-3,6-7,10,15H2,1H3. The van der Waals surface area contributed by atoms with Crippen LogP contribution in [-0.4, -0.2) is 29.4 Å². The van der Waals surface area contributed by atoms with Crippen LogP contribution in [0.4, 0.5) is 0 Å². The number of ether oxygens (including phenoxy) is 1. The van der Waals surface area contributed by atoms with Crippen molar-refractivity contribution in [2.24, 2.45) is 11.7 Å². The summed E-state index contributed by atoms with van der Waals surface area (Å²) in [7, 11) is 1.41. The molecule has 0 saturated heterocycles. The highest BCUT2D eigenvalue weighted by atomic mass is 32.2. The molecule has 0 aliphatic heterocycles. The molecule has 0 bridgehead atoms. The van der Waals surface area contributed by atoms with E-state index in [0.717, 1.165) is 31.4 Å². The molecule has 104 valence electrons. The lowest BCUT2D eigenvalue weighted by molar-refractivity contribution is -0.148. The first-order valence-corrected chi connectivity index (χ1v) is 7.55. The highest BCUT2D eigenvalue weighted by Crippen LogP contribution is 2.38. The van der Waals surface area contributed by atoms with Crippen molar-refractivity contribution < 1.29 is 9.53 Å². The van der Waals surface area contributed by atoms with Gasteiger partial charge in [-0.2, -0.15) is 0 Å². The van der Waals surface area contributed by atoms with Gasteiger partial charge in [-0.05, 0) is 43.1 Å². The third-order valence-corrected chi connectivity index (χ3v) is 4.87. The van der Waals surface area contributed by atoms with E-state index < -0.39 is 5.54 Å². The Balaban J connectivity index is 1.87. The van der Waals surface area contributed by atoms with Crippen molar-refractivity contribution in [2.45, 2.75) is 36.1 Å². The normalized spacial score (nSPS) is 26.3. The smallest absolute Gasteiger partial charge is 0.326 e. The molecule has 19 heavy (non-hydrogen) atoms. The number of pyridine rings is 1. The number of rotatable bonds is 5. The SMILES string of the molecule is COC(=O)C1(N)CCCC1CCSc1ccncc1. The monoisotopic (exact) mass is 280 g/mol. The Morgan fingerprint density at radius 2 is 2.32 bits per heavy atom. The van der Waals surface area contributed by atoms with Crippen LogP contribution in [0.25, 0.3) is 0 Å². The Bertz CT molecular complexity index is 427. The van der Waals surface area contributed by atoms with Gasteiger partial charge >= 0.3 is 5.97 Å². The Kier molecular flexibility index (Phi) is 4.82. The Hall–Kier alpha value is -1.07. The third kappa shape index (κ3) is 3.28. The zero-order chi connectivity index (χ0) is 13.7. The molecule has 5 heteroatoms. The van der Waals surface area contributed by atoms with E-state index in [4.69, 9.17) is 10.5 Å². The van der Waals surface area contributed by atoms with Gasteiger partial charge < -0.3 is 10.5 Å². The number of methoxy groups -OCH3 is 1. The maximum absolute atomic E-state index is 11.8. The topological polar surface area (TPSA) is 65.2 Å². The number of nitrogens with zero attached hydrogens (tertiary/aromatic N) is 1. The maximum Gasteiger partial charge on any atom is 0.326 e. The molecule has 0 aromatic carbocycles. The number of nitrogens with two attached hydrogens (primary N) is 1. The van der Waals surface area contributed by atoms with Gasteiger partial charge in [0.1, 0.15) is 5.54 Å². The summed E-state index contributed by atoms with van der Waals surface area (Å²) >= 11 is 1.78. The quantitative estimate of drug-likeness (QED) is 0.662. The van der Waals surface area contributed by atoms with E-state index in [1.165, 1.54) is 12.0 Å². The Morgan fingerprint density at radius 3 is 3.00 bits per heavy atom. The summed E-state index contributed by atoms with van der Waals surface area (Å²) in [6.07, 6.45) is 7.29. The molecule has 1 aliphatic rings. The fourth-order valence-corrected chi connectivity index (χ4v) is 3.67. The van der Waals surface area contributed by atoms with Gasteiger partial charge in [-0.3, -0.25) is 9.78 Å². The van der Waals surface area contributed by atoms with Gasteiger partial charge in [-0.1, -0.05) is 6.42 Å². The summed E-state index contributed by atoms with van der Waals surface area (Å²) < 4.78 is 4.85. The summed E-state index contributed by atoms with van der Waals surface area (Å²) in [6.45, 7) is 0. The van der Waals surface area contributed by atoms with Crippen molar-refractivity contribution in [1.82, 2.24) is 4.98 Å². The van der Waals surface area contributed by atoms with Gasteiger partial charge in [0.05, 0.1) is 7.11 Å². The second-order valence-corrected chi connectivity index (χ2v) is 6.11. The molecule has 1 fully saturated rings. The summed E-state index contributed by atoms with van der Waals surface area (Å²) in [5, 5.41) is 0. The van der Waals surface area contributed by atoms with E-state index in [2.05, 4.69) is 4.98 Å². The van der Waals surface area contributed by atoms with Crippen molar-refractivity contribution in [3.8, 4) is 0 Å². The van der Waals surface area contributed by atoms with E-state index >= 15 is 0 Å². The van der Waals surface area contributed by atoms with Crippen molar-refractivity contribution in [2.75, 3.05) is 12.9 Å². The Labute approximate surface area is 118 Å². The maximum atomic E-state index is 11.8. The molecule has 2 unspecified atom stereocenters. The summed E-state index contributed by atoms with van der Waals surface area (Å²) in [5.41, 5.74) is 5.47. The number of hydrogen-bond donors (Lipinski definition) is 1. The molecular weight excluding hydrogens is 260 g/mol. The summed E-state index contributed by atoms with van der Waals surface area (Å²) in [5.74, 6) is 0.933. The Morgan fingerprint density at radius 1 is 1.58 bits per heavy atom. The largest absolute Gasteiger partial charge is 0.468 e. The van der Waals surface area contributed by atoms with Crippen LogP contribution in [0.2, 0.25) is 0 Å². The van der Waals surface area contributed by atoms with Gasteiger partial charge in [0, 0.05) is 17.3 Å². The van der Waals surface area contributed by atoms with Crippen LogP contribution in [0.15, 0.2) is 29.4 Å². The molecule has 1 aromatic rings. The third-order valence-electron chi connectivity index (χ3n) is 3.82. The molecule has 2 N–H and O–H groups in total. The highest BCUT2D eigenvalue weighted by Gasteiger charge is 2.46. The molecular formula is C14H20N2O2S. The predicted octanol–water partition coefficient (Wildman–Crippen LogP) is 2.23. The van der Waals surface area contributed by atoms with Crippen LogP contribution in [0.1, 0.15) is 25.7 Å². The molecule has 1 saturated carbocycles. The molecule has 0 radical (unpaired) electrons. The molecule has 1 aliphatic carbocycles. The van der Waals surface area contributed by atoms with Crippen molar-refractivity contribution in [1.29, 1.82) is 0 Å². The lowest BCUT2D eigenvalue weighted by Gasteiger charge is -2.28. The van der Waals surface area contributed by atoms with Crippen LogP contribution in [0, 0.1) is 5.92 Å². The number of carbonyl (C=O) groups is 1.